The van der Waals surface area contributed by atoms with Gasteiger partial charge >= 0.3 is 0 Å². The summed E-state index contributed by atoms with van der Waals surface area (Å²) in [5.41, 5.74) is 2.48. The molecule has 0 heterocycles. The van der Waals surface area contributed by atoms with Gasteiger partial charge in [-0.2, -0.15) is 0 Å². The van der Waals surface area contributed by atoms with Crippen molar-refractivity contribution in [1.29, 1.82) is 0 Å². The van der Waals surface area contributed by atoms with Gasteiger partial charge in [0.25, 0.3) is 0 Å². The third-order valence-electron chi connectivity index (χ3n) is 2.49. The maximum Gasteiger partial charge on any atom is 0.122 e. The predicted octanol–water partition coefficient (Wildman–Crippen LogP) is 3.35. The summed E-state index contributed by atoms with van der Waals surface area (Å²) >= 11 is 0. The van der Waals surface area contributed by atoms with Gasteiger partial charge < -0.3 is 9.47 Å². The van der Waals surface area contributed by atoms with Crippen molar-refractivity contribution in [3.8, 4) is 5.75 Å². The number of benzene rings is 1. The summed E-state index contributed by atoms with van der Waals surface area (Å²) < 4.78 is 11.1. The van der Waals surface area contributed by atoms with Crippen LogP contribution in [0.5, 0.6) is 5.75 Å². The minimum Gasteiger partial charge on any atom is -0.491 e. The van der Waals surface area contributed by atoms with Crippen molar-refractivity contribution < 1.29 is 9.47 Å². The molecule has 0 fully saturated rings. The summed E-state index contributed by atoms with van der Waals surface area (Å²) in [5.74, 6) is 1.55. The summed E-state index contributed by atoms with van der Waals surface area (Å²) in [5, 5.41) is 0. The fraction of sp³-hybridized carbons (Fsp3) is 0.571. The molecule has 1 aromatic carbocycles. The Bertz CT molecular complexity index is 319. The van der Waals surface area contributed by atoms with Crippen molar-refractivity contribution in [1.82, 2.24) is 0 Å². The Balaban J connectivity index is 2.29. The predicted molar refractivity (Wildman–Crippen MR) is 67.1 cm³/mol. The molecule has 0 saturated heterocycles. The van der Waals surface area contributed by atoms with Crippen LogP contribution in [0.4, 0.5) is 0 Å². The van der Waals surface area contributed by atoms with Crippen LogP contribution in [0.3, 0.4) is 0 Å². The first kappa shape index (κ1) is 13.0. The van der Waals surface area contributed by atoms with Crippen LogP contribution in [0.1, 0.15) is 25.0 Å². The van der Waals surface area contributed by atoms with E-state index in [1.807, 2.05) is 12.1 Å². The molecule has 0 spiro atoms. The largest absolute Gasteiger partial charge is 0.491 e. The zero-order valence-corrected chi connectivity index (χ0v) is 10.7. The summed E-state index contributed by atoms with van der Waals surface area (Å²) in [6.45, 7) is 10.5. The first-order valence-electron chi connectivity index (χ1n) is 5.88. The highest BCUT2D eigenvalue weighted by Crippen LogP contribution is 2.20. The van der Waals surface area contributed by atoms with Crippen LogP contribution in [-0.4, -0.2) is 19.8 Å². The lowest BCUT2D eigenvalue weighted by Gasteiger charge is -2.11. The Hall–Kier alpha value is -1.02. The SMILES string of the molecule is Cc1cccc(OCCOCC(C)C)c1C. The van der Waals surface area contributed by atoms with Crippen LogP contribution in [0.2, 0.25) is 0 Å². The molecule has 0 N–H and O–H groups in total. The van der Waals surface area contributed by atoms with E-state index in [9.17, 15) is 0 Å². The Labute approximate surface area is 98.6 Å². The third kappa shape index (κ3) is 4.23. The van der Waals surface area contributed by atoms with E-state index < -0.39 is 0 Å². The van der Waals surface area contributed by atoms with E-state index in [-0.39, 0.29) is 0 Å². The fourth-order valence-corrected chi connectivity index (χ4v) is 1.41. The standard InChI is InChI=1S/C14H22O2/c1-11(2)10-15-8-9-16-14-7-5-6-12(3)13(14)4/h5-7,11H,8-10H2,1-4H3. The Morgan fingerprint density at radius 2 is 1.88 bits per heavy atom. The van der Waals surface area contributed by atoms with Gasteiger partial charge in [-0.25, -0.2) is 0 Å². The van der Waals surface area contributed by atoms with E-state index in [0.717, 1.165) is 12.4 Å². The van der Waals surface area contributed by atoms with E-state index in [2.05, 4.69) is 33.8 Å². The van der Waals surface area contributed by atoms with Crippen molar-refractivity contribution in [2.24, 2.45) is 5.92 Å². The zero-order chi connectivity index (χ0) is 12.0. The molecule has 0 aliphatic carbocycles. The zero-order valence-electron chi connectivity index (χ0n) is 10.7. The number of ether oxygens (including phenoxy) is 2. The molecule has 0 atom stereocenters. The number of rotatable bonds is 6. The monoisotopic (exact) mass is 222 g/mol. The Morgan fingerprint density at radius 3 is 2.56 bits per heavy atom. The molecular formula is C14H22O2. The first-order chi connectivity index (χ1) is 7.61. The van der Waals surface area contributed by atoms with E-state index in [4.69, 9.17) is 9.47 Å². The highest BCUT2D eigenvalue weighted by molar-refractivity contribution is 5.38. The molecule has 2 heteroatoms. The minimum atomic E-state index is 0.584. The van der Waals surface area contributed by atoms with Gasteiger partial charge in [-0.3, -0.25) is 0 Å². The second-order valence-electron chi connectivity index (χ2n) is 4.52. The lowest BCUT2D eigenvalue weighted by atomic mass is 10.1. The molecular weight excluding hydrogens is 200 g/mol. The molecule has 0 unspecified atom stereocenters. The van der Waals surface area contributed by atoms with Gasteiger partial charge in [0.1, 0.15) is 12.4 Å². The van der Waals surface area contributed by atoms with Crippen molar-refractivity contribution in [2.45, 2.75) is 27.7 Å². The molecule has 16 heavy (non-hydrogen) atoms. The molecule has 2 nitrogen and oxygen atoms in total. The quantitative estimate of drug-likeness (QED) is 0.687. The van der Waals surface area contributed by atoms with Crippen LogP contribution < -0.4 is 4.74 Å². The minimum absolute atomic E-state index is 0.584. The van der Waals surface area contributed by atoms with Crippen LogP contribution in [0.25, 0.3) is 0 Å². The molecule has 0 saturated carbocycles. The van der Waals surface area contributed by atoms with Gasteiger partial charge in [-0.15, -0.1) is 0 Å². The van der Waals surface area contributed by atoms with E-state index in [0.29, 0.717) is 19.1 Å². The van der Waals surface area contributed by atoms with Crippen LogP contribution in [-0.2, 0) is 4.74 Å². The molecule has 0 aliphatic rings. The van der Waals surface area contributed by atoms with Gasteiger partial charge in [0, 0.05) is 6.61 Å². The highest BCUT2D eigenvalue weighted by Gasteiger charge is 2.01. The average molecular weight is 222 g/mol. The Morgan fingerprint density at radius 1 is 1.12 bits per heavy atom. The Kier molecular flexibility index (Phi) is 5.33. The van der Waals surface area contributed by atoms with E-state index >= 15 is 0 Å². The lowest BCUT2D eigenvalue weighted by Crippen LogP contribution is -2.10. The van der Waals surface area contributed by atoms with E-state index in [1.165, 1.54) is 11.1 Å². The molecule has 0 amide bonds. The van der Waals surface area contributed by atoms with Gasteiger partial charge in [-0.1, -0.05) is 26.0 Å². The van der Waals surface area contributed by atoms with Gasteiger partial charge in [0.2, 0.25) is 0 Å². The second-order valence-corrected chi connectivity index (χ2v) is 4.52. The summed E-state index contributed by atoms with van der Waals surface area (Å²) in [6.07, 6.45) is 0. The van der Waals surface area contributed by atoms with E-state index in [1.54, 1.807) is 0 Å². The fourth-order valence-electron chi connectivity index (χ4n) is 1.41. The second kappa shape index (κ2) is 6.54. The van der Waals surface area contributed by atoms with Crippen LogP contribution in [0.15, 0.2) is 18.2 Å². The molecule has 90 valence electrons. The summed E-state index contributed by atoms with van der Waals surface area (Å²) in [6, 6.07) is 6.12. The van der Waals surface area contributed by atoms with Gasteiger partial charge in [0.15, 0.2) is 0 Å². The number of hydrogen-bond acceptors (Lipinski definition) is 2. The maximum absolute atomic E-state index is 5.67. The topological polar surface area (TPSA) is 18.5 Å². The molecule has 0 aliphatic heterocycles. The third-order valence-corrected chi connectivity index (χ3v) is 2.49. The number of hydrogen-bond donors (Lipinski definition) is 0. The maximum atomic E-state index is 5.67. The molecule has 0 radical (unpaired) electrons. The molecule has 1 aromatic rings. The summed E-state index contributed by atoms with van der Waals surface area (Å²) in [7, 11) is 0. The highest BCUT2D eigenvalue weighted by atomic mass is 16.5. The van der Waals surface area contributed by atoms with Crippen molar-refractivity contribution in [3.05, 3.63) is 29.3 Å². The molecule has 0 bridgehead atoms. The van der Waals surface area contributed by atoms with Crippen LogP contribution in [0, 0.1) is 19.8 Å². The van der Waals surface area contributed by atoms with Crippen molar-refractivity contribution in [3.63, 3.8) is 0 Å². The smallest absolute Gasteiger partial charge is 0.122 e. The lowest BCUT2D eigenvalue weighted by molar-refractivity contribution is 0.0817. The normalized spacial score (nSPS) is 10.8. The number of aryl methyl sites for hydroxylation is 1. The van der Waals surface area contributed by atoms with Crippen molar-refractivity contribution in [2.75, 3.05) is 19.8 Å². The van der Waals surface area contributed by atoms with Crippen LogP contribution >= 0.6 is 0 Å². The molecule has 0 aromatic heterocycles. The summed E-state index contributed by atoms with van der Waals surface area (Å²) in [4.78, 5) is 0. The van der Waals surface area contributed by atoms with Gasteiger partial charge in [0.05, 0.1) is 6.61 Å². The van der Waals surface area contributed by atoms with Gasteiger partial charge in [-0.05, 0) is 37.0 Å². The van der Waals surface area contributed by atoms with Crippen molar-refractivity contribution >= 4 is 0 Å². The molecule has 1 rings (SSSR count). The average Bonchev–Trinajstić information content (AvgIpc) is 2.23. The first-order valence-corrected chi connectivity index (χ1v) is 5.88.